The lowest BCUT2D eigenvalue weighted by atomic mass is 10.1. The summed E-state index contributed by atoms with van der Waals surface area (Å²) in [7, 11) is 0. The predicted octanol–water partition coefficient (Wildman–Crippen LogP) is 2.01. The Morgan fingerprint density at radius 2 is 1.79 bits per heavy atom. The molecule has 0 radical (unpaired) electrons. The molecule has 1 N–H and O–H groups in total. The van der Waals surface area contributed by atoms with E-state index in [2.05, 4.69) is 5.32 Å². The molecule has 0 spiro atoms. The van der Waals surface area contributed by atoms with Gasteiger partial charge in [0.25, 0.3) is 17.7 Å². The minimum absolute atomic E-state index is 0.134. The number of carbonyl (C=O) groups excluding carboxylic acids is 4. The molecule has 1 aromatic rings. The fourth-order valence-corrected chi connectivity index (χ4v) is 4.10. The smallest absolute Gasteiger partial charge is 0.329 e. The molecule has 1 atom stereocenters. The van der Waals surface area contributed by atoms with Crippen molar-refractivity contribution < 1.29 is 23.9 Å². The molecule has 1 fully saturated rings. The number of esters is 1. The zero-order valence-electron chi connectivity index (χ0n) is 15.8. The van der Waals surface area contributed by atoms with E-state index in [0.29, 0.717) is 5.75 Å². The molecule has 150 valence electrons. The van der Waals surface area contributed by atoms with E-state index in [1.807, 2.05) is 6.26 Å². The molecule has 3 amide bonds. The molecule has 0 unspecified atom stereocenters. The van der Waals surface area contributed by atoms with Crippen LogP contribution in [-0.2, 0) is 14.3 Å². The number of nitrogens with one attached hydrogen (secondary N) is 1. The van der Waals surface area contributed by atoms with Crippen LogP contribution in [0.15, 0.2) is 24.3 Å². The SMILES string of the molecule is CSCC[C@@H](C(=O)OCC(=O)NC1CCCC1)N1C(=O)c2ccccc2C1=O. The molecule has 7 nitrogen and oxygen atoms in total. The average Bonchev–Trinajstić information content (AvgIpc) is 3.29. The molecule has 0 aromatic heterocycles. The fraction of sp³-hybridized carbons (Fsp3) is 0.500. The summed E-state index contributed by atoms with van der Waals surface area (Å²) < 4.78 is 5.17. The third kappa shape index (κ3) is 4.38. The standard InChI is InChI=1S/C20H24N2O5S/c1-28-11-10-16(20(26)27-12-17(23)21-13-6-2-3-7-13)22-18(24)14-8-4-5-9-15(14)19(22)25/h4-5,8-9,13,16H,2-3,6-7,10-12H2,1H3,(H,21,23)/t16-/m0/s1. The van der Waals surface area contributed by atoms with Crippen molar-refractivity contribution in [2.45, 2.75) is 44.2 Å². The summed E-state index contributed by atoms with van der Waals surface area (Å²) in [6, 6.07) is 5.59. The highest BCUT2D eigenvalue weighted by molar-refractivity contribution is 7.98. The van der Waals surface area contributed by atoms with Crippen LogP contribution >= 0.6 is 11.8 Å². The Labute approximate surface area is 168 Å². The number of amides is 3. The Bertz CT molecular complexity index is 741. The van der Waals surface area contributed by atoms with Crippen molar-refractivity contribution >= 4 is 35.5 Å². The highest BCUT2D eigenvalue weighted by Crippen LogP contribution is 2.26. The van der Waals surface area contributed by atoms with E-state index in [0.717, 1.165) is 30.6 Å². The van der Waals surface area contributed by atoms with Crippen molar-refractivity contribution in [3.8, 4) is 0 Å². The molecule has 1 saturated carbocycles. The maximum absolute atomic E-state index is 12.7. The number of hydrogen-bond acceptors (Lipinski definition) is 6. The van der Waals surface area contributed by atoms with Crippen molar-refractivity contribution in [1.29, 1.82) is 0 Å². The van der Waals surface area contributed by atoms with Gasteiger partial charge in [0.1, 0.15) is 6.04 Å². The van der Waals surface area contributed by atoms with E-state index in [1.54, 1.807) is 24.3 Å². The van der Waals surface area contributed by atoms with E-state index in [1.165, 1.54) is 11.8 Å². The van der Waals surface area contributed by atoms with Gasteiger partial charge in [0, 0.05) is 6.04 Å². The van der Waals surface area contributed by atoms with Crippen LogP contribution in [0.4, 0.5) is 0 Å². The lowest BCUT2D eigenvalue weighted by molar-refractivity contribution is -0.152. The van der Waals surface area contributed by atoms with Gasteiger partial charge in [-0.2, -0.15) is 11.8 Å². The van der Waals surface area contributed by atoms with Gasteiger partial charge in [-0.25, -0.2) is 4.79 Å². The average molecular weight is 404 g/mol. The van der Waals surface area contributed by atoms with Crippen molar-refractivity contribution in [3.63, 3.8) is 0 Å². The maximum atomic E-state index is 12.7. The Hall–Kier alpha value is -2.35. The van der Waals surface area contributed by atoms with E-state index >= 15 is 0 Å². The number of imide groups is 1. The molecule has 1 aliphatic heterocycles. The van der Waals surface area contributed by atoms with Crippen LogP contribution in [0.25, 0.3) is 0 Å². The molecule has 0 saturated heterocycles. The molecule has 2 aliphatic rings. The highest BCUT2D eigenvalue weighted by Gasteiger charge is 2.43. The molecule has 28 heavy (non-hydrogen) atoms. The monoisotopic (exact) mass is 404 g/mol. The molecule has 1 heterocycles. The molecular formula is C20H24N2O5S. The van der Waals surface area contributed by atoms with Crippen LogP contribution in [0, 0.1) is 0 Å². The first-order chi connectivity index (χ1) is 13.5. The Kier molecular flexibility index (Phi) is 6.72. The summed E-state index contributed by atoms with van der Waals surface area (Å²) in [5, 5.41) is 2.85. The van der Waals surface area contributed by atoms with E-state index in [4.69, 9.17) is 4.74 Å². The molecule has 8 heteroatoms. The second-order valence-corrected chi connectivity index (χ2v) is 7.97. The molecule has 1 aromatic carbocycles. The van der Waals surface area contributed by atoms with Gasteiger partial charge < -0.3 is 10.1 Å². The first-order valence-electron chi connectivity index (χ1n) is 9.44. The first kappa shape index (κ1) is 20.4. The molecule has 0 bridgehead atoms. The Morgan fingerprint density at radius 1 is 1.18 bits per heavy atom. The summed E-state index contributed by atoms with van der Waals surface area (Å²) in [5.41, 5.74) is 0.571. The van der Waals surface area contributed by atoms with Gasteiger partial charge in [-0.05, 0) is 43.4 Å². The number of carbonyl (C=O) groups is 4. The maximum Gasteiger partial charge on any atom is 0.329 e. The number of nitrogens with zero attached hydrogens (tertiary/aromatic N) is 1. The summed E-state index contributed by atoms with van der Waals surface area (Å²) >= 11 is 1.50. The van der Waals surface area contributed by atoms with Gasteiger partial charge in [-0.15, -0.1) is 0 Å². The molecule has 1 aliphatic carbocycles. The quantitative estimate of drug-likeness (QED) is 0.526. The molecular weight excluding hydrogens is 380 g/mol. The van der Waals surface area contributed by atoms with Crippen molar-refractivity contribution in [3.05, 3.63) is 35.4 Å². The summed E-state index contributed by atoms with van der Waals surface area (Å²) in [5.74, 6) is -1.52. The third-order valence-corrected chi connectivity index (χ3v) is 5.71. The van der Waals surface area contributed by atoms with Gasteiger partial charge in [-0.1, -0.05) is 25.0 Å². The van der Waals surface area contributed by atoms with Crippen LogP contribution < -0.4 is 5.32 Å². The second-order valence-electron chi connectivity index (χ2n) is 6.98. The van der Waals surface area contributed by atoms with Gasteiger partial charge >= 0.3 is 5.97 Å². The van der Waals surface area contributed by atoms with Gasteiger partial charge in [0.05, 0.1) is 11.1 Å². The second kappa shape index (κ2) is 9.23. The summed E-state index contributed by atoms with van der Waals surface area (Å²) in [6.45, 7) is -0.408. The zero-order valence-corrected chi connectivity index (χ0v) is 16.6. The predicted molar refractivity (Wildman–Crippen MR) is 105 cm³/mol. The van der Waals surface area contributed by atoms with Gasteiger partial charge in [0.15, 0.2) is 6.61 Å². The minimum atomic E-state index is -1.04. The summed E-state index contributed by atoms with van der Waals surface area (Å²) in [4.78, 5) is 51.1. The van der Waals surface area contributed by atoms with Crippen molar-refractivity contribution in [2.24, 2.45) is 0 Å². The largest absolute Gasteiger partial charge is 0.454 e. The lowest BCUT2D eigenvalue weighted by Crippen LogP contribution is -2.47. The third-order valence-electron chi connectivity index (χ3n) is 5.07. The van der Waals surface area contributed by atoms with Crippen molar-refractivity contribution in [2.75, 3.05) is 18.6 Å². The van der Waals surface area contributed by atoms with Crippen LogP contribution in [-0.4, -0.2) is 59.3 Å². The highest BCUT2D eigenvalue weighted by atomic mass is 32.2. The van der Waals surface area contributed by atoms with E-state index in [-0.39, 0.29) is 29.5 Å². The van der Waals surface area contributed by atoms with Gasteiger partial charge in [0.2, 0.25) is 0 Å². The van der Waals surface area contributed by atoms with E-state index < -0.39 is 30.4 Å². The van der Waals surface area contributed by atoms with Crippen LogP contribution in [0.5, 0.6) is 0 Å². The normalized spacial score (nSPS) is 17.5. The minimum Gasteiger partial charge on any atom is -0.454 e. The lowest BCUT2D eigenvalue weighted by Gasteiger charge is -2.24. The number of rotatable bonds is 8. The Balaban J connectivity index is 1.66. The topological polar surface area (TPSA) is 92.8 Å². The number of fused-ring (bicyclic) bond motifs is 1. The Morgan fingerprint density at radius 3 is 2.36 bits per heavy atom. The van der Waals surface area contributed by atoms with Crippen LogP contribution in [0.1, 0.15) is 52.8 Å². The van der Waals surface area contributed by atoms with E-state index in [9.17, 15) is 19.2 Å². The van der Waals surface area contributed by atoms with Crippen LogP contribution in [0.2, 0.25) is 0 Å². The van der Waals surface area contributed by atoms with Crippen molar-refractivity contribution in [1.82, 2.24) is 10.2 Å². The summed E-state index contributed by atoms with van der Waals surface area (Å²) in [6.07, 6.45) is 6.19. The number of thioether (sulfide) groups is 1. The van der Waals surface area contributed by atoms with Crippen LogP contribution in [0.3, 0.4) is 0 Å². The number of benzene rings is 1. The zero-order chi connectivity index (χ0) is 20.1. The van der Waals surface area contributed by atoms with Gasteiger partial charge in [-0.3, -0.25) is 19.3 Å². The first-order valence-corrected chi connectivity index (χ1v) is 10.8. The fourth-order valence-electron chi connectivity index (χ4n) is 3.65. The molecule has 3 rings (SSSR count). The number of ether oxygens (including phenoxy) is 1. The number of hydrogen-bond donors (Lipinski definition) is 1.